The molecule has 4 nitrogen and oxygen atoms in total. The molecule has 0 spiro atoms. The molecule has 0 unspecified atom stereocenters. The van der Waals surface area contributed by atoms with Crippen molar-refractivity contribution < 1.29 is 9.53 Å². The molecule has 1 fully saturated rings. The molecule has 0 bridgehead atoms. The lowest BCUT2D eigenvalue weighted by molar-refractivity contribution is 0.0292. The van der Waals surface area contributed by atoms with E-state index >= 15 is 0 Å². The summed E-state index contributed by atoms with van der Waals surface area (Å²) >= 11 is 1.67. The Morgan fingerprint density at radius 2 is 2.28 bits per heavy atom. The first-order valence-corrected chi connectivity index (χ1v) is 7.13. The molecule has 0 radical (unpaired) electrons. The summed E-state index contributed by atoms with van der Waals surface area (Å²) in [6.07, 6.45) is 0.763. The van der Waals surface area contributed by atoms with Gasteiger partial charge in [0.2, 0.25) is 0 Å². The fraction of sp³-hybridized carbons (Fsp3) is 0.692. The van der Waals surface area contributed by atoms with Crippen molar-refractivity contribution in [1.29, 1.82) is 0 Å². The van der Waals surface area contributed by atoms with Crippen molar-refractivity contribution in [3.8, 4) is 0 Å². The molecule has 0 aliphatic carbocycles. The third kappa shape index (κ3) is 3.22. The highest BCUT2D eigenvalue weighted by molar-refractivity contribution is 7.09. The van der Waals surface area contributed by atoms with Gasteiger partial charge in [0.05, 0.1) is 10.7 Å². The van der Waals surface area contributed by atoms with Crippen molar-refractivity contribution in [3.63, 3.8) is 0 Å². The number of likely N-dealkylation sites (tertiary alicyclic amines) is 1. The van der Waals surface area contributed by atoms with E-state index in [4.69, 9.17) is 4.74 Å². The number of rotatable bonds is 1. The van der Waals surface area contributed by atoms with Crippen LogP contribution in [-0.2, 0) is 4.74 Å². The van der Waals surface area contributed by atoms with Gasteiger partial charge in [-0.25, -0.2) is 9.78 Å². The van der Waals surface area contributed by atoms with Crippen LogP contribution in [0.1, 0.15) is 43.8 Å². The Balaban J connectivity index is 1.94. The third-order valence-corrected chi connectivity index (χ3v) is 3.69. The molecule has 0 N–H and O–H groups in total. The Morgan fingerprint density at radius 1 is 1.56 bits per heavy atom. The molecule has 1 aliphatic heterocycles. The summed E-state index contributed by atoms with van der Waals surface area (Å²) < 4.78 is 5.38. The zero-order valence-electron chi connectivity index (χ0n) is 11.4. The standard InChI is InChI=1S/C13H20N2O2S/c1-9-14-11(8-18-9)10-5-6-15(7-10)12(16)17-13(2,3)4/h8,10H,5-7H2,1-4H3/t10-/m1/s1. The third-order valence-electron chi connectivity index (χ3n) is 2.89. The van der Waals surface area contributed by atoms with Gasteiger partial charge in [-0.15, -0.1) is 11.3 Å². The normalized spacial score (nSPS) is 20.2. The molecule has 1 aliphatic rings. The largest absolute Gasteiger partial charge is 0.444 e. The average Bonchev–Trinajstić information content (AvgIpc) is 2.82. The number of carbonyl (C=O) groups excluding carboxylic acids is 1. The zero-order chi connectivity index (χ0) is 13.3. The van der Waals surface area contributed by atoms with Gasteiger partial charge in [-0.3, -0.25) is 0 Å². The molecular formula is C13H20N2O2S. The highest BCUT2D eigenvalue weighted by Crippen LogP contribution is 2.28. The Kier molecular flexibility index (Phi) is 3.61. The number of hydrogen-bond acceptors (Lipinski definition) is 4. The van der Waals surface area contributed by atoms with Gasteiger partial charge in [-0.1, -0.05) is 0 Å². The molecule has 1 aromatic rings. The van der Waals surface area contributed by atoms with E-state index in [9.17, 15) is 4.79 Å². The van der Waals surface area contributed by atoms with Crippen molar-refractivity contribution in [1.82, 2.24) is 9.88 Å². The number of amides is 1. The first kappa shape index (κ1) is 13.3. The molecule has 1 atom stereocenters. The summed E-state index contributed by atoms with van der Waals surface area (Å²) in [5.41, 5.74) is 0.690. The molecule has 100 valence electrons. The maximum Gasteiger partial charge on any atom is 0.410 e. The Morgan fingerprint density at radius 3 is 2.83 bits per heavy atom. The lowest BCUT2D eigenvalue weighted by Gasteiger charge is -2.24. The number of ether oxygens (including phenoxy) is 1. The van der Waals surface area contributed by atoms with Crippen molar-refractivity contribution in [2.24, 2.45) is 0 Å². The van der Waals surface area contributed by atoms with Gasteiger partial charge >= 0.3 is 6.09 Å². The van der Waals surface area contributed by atoms with Gasteiger partial charge in [-0.05, 0) is 34.1 Å². The molecular weight excluding hydrogens is 248 g/mol. The maximum absolute atomic E-state index is 11.9. The Bertz CT molecular complexity index is 436. The summed E-state index contributed by atoms with van der Waals surface area (Å²) in [6.45, 7) is 9.16. The van der Waals surface area contributed by atoms with Gasteiger partial charge in [0.15, 0.2) is 0 Å². The van der Waals surface area contributed by atoms with Crippen LogP contribution in [0.5, 0.6) is 0 Å². The van der Waals surface area contributed by atoms with E-state index in [-0.39, 0.29) is 6.09 Å². The van der Waals surface area contributed by atoms with Gasteiger partial charge in [0.1, 0.15) is 5.60 Å². The predicted molar refractivity (Wildman–Crippen MR) is 72.0 cm³/mol. The Labute approximate surface area is 112 Å². The predicted octanol–water partition coefficient (Wildman–Crippen LogP) is 3.18. The van der Waals surface area contributed by atoms with Gasteiger partial charge in [0.25, 0.3) is 0 Å². The van der Waals surface area contributed by atoms with Gasteiger partial charge in [0, 0.05) is 24.4 Å². The van der Waals surface area contributed by atoms with Crippen molar-refractivity contribution in [2.45, 2.75) is 45.6 Å². The smallest absolute Gasteiger partial charge is 0.410 e. The fourth-order valence-electron chi connectivity index (χ4n) is 2.06. The van der Waals surface area contributed by atoms with Crippen LogP contribution in [-0.4, -0.2) is 34.7 Å². The molecule has 2 rings (SSSR count). The van der Waals surface area contributed by atoms with Crippen LogP contribution in [0.3, 0.4) is 0 Å². The van der Waals surface area contributed by atoms with Gasteiger partial charge < -0.3 is 9.64 Å². The minimum Gasteiger partial charge on any atom is -0.444 e. The summed E-state index contributed by atoms with van der Waals surface area (Å²) in [4.78, 5) is 18.2. The number of thiazole rings is 1. The molecule has 0 aromatic carbocycles. The van der Waals surface area contributed by atoms with Crippen LogP contribution in [0.4, 0.5) is 4.79 Å². The van der Waals surface area contributed by atoms with Crippen LogP contribution in [0.15, 0.2) is 5.38 Å². The van der Waals surface area contributed by atoms with E-state index in [1.165, 1.54) is 0 Å². The maximum atomic E-state index is 11.9. The fourth-order valence-corrected chi connectivity index (χ4v) is 2.76. The van der Waals surface area contributed by atoms with E-state index in [1.54, 1.807) is 16.2 Å². The molecule has 0 saturated carbocycles. The number of carbonyl (C=O) groups is 1. The first-order chi connectivity index (χ1) is 8.35. The first-order valence-electron chi connectivity index (χ1n) is 6.25. The van der Waals surface area contributed by atoms with E-state index in [2.05, 4.69) is 10.4 Å². The second kappa shape index (κ2) is 4.88. The summed E-state index contributed by atoms with van der Waals surface area (Å²) in [5.74, 6) is 0.363. The lowest BCUT2D eigenvalue weighted by Crippen LogP contribution is -2.35. The van der Waals surface area contributed by atoms with Crippen LogP contribution < -0.4 is 0 Å². The quantitative estimate of drug-likeness (QED) is 0.785. The lowest BCUT2D eigenvalue weighted by atomic mass is 10.1. The number of hydrogen-bond donors (Lipinski definition) is 0. The van der Waals surface area contributed by atoms with Crippen LogP contribution in [0.2, 0.25) is 0 Å². The van der Waals surface area contributed by atoms with Crippen molar-refractivity contribution in [2.75, 3.05) is 13.1 Å². The average molecular weight is 268 g/mol. The Hall–Kier alpha value is -1.10. The molecule has 1 aromatic heterocycles. The van der Waals surface area contributed by atoms with E-state index in [1.807, 2.05) is 27.7 Å². The summed E-state index contributed by atoms with van der Waals surface area (Å²) in [5, 5.41) is 3.18. The van der Waals surface area contributed by atoms with E-state index in [0.29, 0.717) is 5.92 Å². The molecule has 1 amide bonds. The van der Waals surface area contributed by atoms with Crippen LogP contribution >= 0.6 is 11.3 Å². The second-order valence-corrected chi connectivity index (χ2v) is 6.77. The number of aromatic nitrogens is 1. The topological polar surface area (TPSA) is 42.4 Å². The highest BCUT2D eigenvalue weighted by atomic mass is 32.1. The van der Waals surface area contributed by atoms with Crippen molar-refractivity contribution in [3.05, 3.63) is 16.1 Å². The minimum atomic E-state index is -0.424. The van der Waals surface area contributed by atoms with Crippen LogP contribution in [0.25, 0.3) is 0 Å². The van der Waals surface area contributed by atoms with E-state index in [0.717, 1.165) is 30.2 Å². The van der Waals surface area contributed by atoms with Gasteiger partial charge in [-0.2, -0.15) is 0 Å². The molecule has 1 saturated heterocycles. The van der Waals surface area contributed by atoms with Crippen LogP contribution in [0, 0.1) is 6.92 Å². The molecule has 2 heterocycles. The monoisotopic (exact) mass is 268 g/mol. The highest BCUT2D eigenvalue weighted by Gasteiger charge is 2.31. The second-order valence-electron chi connectivity index (χ2n) is 5.70. The number of aryl methyl sites for hydroxylation is 1. The number of nitrogens with zero attached hydrogens (tertiary/aromatic N) is 2. The molecule has 18 heavy (non-hydrogen) atoms. The zero-order valence-corrected chi connectivity index (χ0v) is 12.2. The summed E-state index contributed by atoms with van der Waals surface area (Å²) in [7, 11) is 0. The minimum absolute atomic E-state index is 0.211. The SMILES string of the molecule is Cc1nc([C@@H]2CCN(C(=O)OC(C)(C)C)C2)cs1. The summed E-state index contributed by atoms with van der Waals surface area (Å²) in [6, 6.07) is 0. The molecule has 5 heteroatoms. The van der Waals surface area contributed by atoms with Crippen molar-refractivity contribution >= 4 is 17.4 Å². The van der Waals surface area contributed by atoms with E-state index < -0.39 is 5.60 Å².